The molecule has 0 aliphatic carbocycles. The summed E-state index contributed by atoms with van der Waals surface area (Å²) in [6, 6.07) is 16.3. The van der Waals surface area contributed by atoms with Gasteiger partial charge in [-0.2, -0.15) is 4.68 Å². The molecule has 6 heteroatoms. The molecule has 0 atom stereocenters. The second-order valence-electron chi connectivity index (χ2n) is 5.93. The van der Waals surface area contributed by atoms with E-state index in [0.29, 0.717) is 22.0 Å². The van der Waals surface area contributed by atoms with Crippen LogP contribution in [0.2, 0.25) is 0 Å². The number of nitrogens with zero attached hydrogens (tertiary/aromatic N) is 3. The molecule has 0 amide bonds. The average molecular weight is 344 g/mol. The molecular formula is C20H16N4O2. The van der Waals surface area contributed by atoms with Crippen LogP contribution in [-0.4, -0.2) is 25.8 Å². The quantitative estimate of drug-likeness (QED) is 0.596. The van der Waals surface area contributed by atoms with Crippen LogP contribution < -0.4 is 5.73 Å². The summed E-state index contributed by atoms with van der Waals surface area (Å²) in [5.41, 5.74) is 9.71. The third kappa shape index (κ3) is 2.72. The Morgan fingerprint density at radius 2 is 1.96 bits per heavy atom. The molecule has 2 heterocycles. The molecule has 6 nitrogen and oxygen atoms in total. The van der Waals surface area contributed by atoms with Crippen LogP contribution in [0.3, 0.4) is 0 Å². The summed E-state index contributed by atoms with van der Waals surface area (Å²) in [5.74, 6) is -0.00599. The maximum absolute atomic E-state index is 12.8. The second kappa shape index (κ2) is 6.42. The monoisotopic (exact) mass is 344 g/mol. The van der Waals surface area contributed by atoms with E-state index in [1.165, 1.54) is 4.68 Å². The van der Waals surface area contributed by atoms with Crippen LogP contribution >= 0.6 is 0 Å². The number of carbonyl (C=O) groups excluding carboxylic acids is 1. The van der Waals surface area contributed by atoms with Gasteiger partial charge in [0, 0.05) is 28.9 Å². The van der Waals surface area contributed by atoms with Crippen LogP contribution in [0.4, 0.5) is 5.82 Å². The van der Waals surface area contributed by atoms with Gasteiger partial charge in [0.2, 0.25) is 0 Å². The second-order valence-corrected chi connectivity index (χ2v) is 5.93. The number of carbonyl (C=O) groups is 1. The van der Waals surface area contributed by atoms with E-state index < -0.39 is 0 Å². The molecule has 2 aromatic heterocycles. The van der Waals surface area contributed by atoms with Crippen molar-refractivity contribution >= 4 is 22.6 Å². The number of nitrogen functional groups attached to an aromatic ring is 1. The molecule has 26 heavy (non-hydrogen) atoms. The summed E-state index contributed by atoms with van der Waals surface area (Å²) >= 11 is 0. The summed E-state index contributed by atoms with van der Waals surface area (Å²) in [4.78, 5) is 17.0. The van der Waals surface area contributed by atoms with Crippen molar-refractivity contribution < 1.29 is 9.90 Å². The van der Waals surface area contributed by atoms with Crippen LogP contribution in [0.15, 0.2) is 67.0 Å². The van der Waals surface area contributed by atoms with Gasteiger partial charge in [-0.25, -0.2) is 0 Å². The van der Waals surface area contributed by atoms with Crippen LogP contribution in [0.1, 0.15) is 15.9 Å². The first-order valence-electron chi connectivity index (χ1n) is 8.10. The molecule has 0 radical (unpaired) electrons. The standard InChI is InChI=1S/C20H16N4O2/c21-19-17-10-14(16-5-2-8-22-11-16)6-7-18(17)24(23-19)20(26)15-4-1-3-13(9-15)12-25/h1-11,25H,12H2,(H2,21,23). The highest BCUT2D eigenvalue weighted by Crippen LogP contribution is 2.27. The molecule has 0 fully saturated rings. The SMILES string of the molecule is Nc1nn(C(=O)c2cccc(CO)c2)c2ccc(-c3cccnc3)cc12. The molecule has 0 bridgehead atoms. The zero-order valence-corrected chi connectivity index (χ0v) is 13.8. The third-order valence-corrected chi connectivity index (χ3v) is 4.25. The van der Waals surface area contributed by atoms with Crippen molar-refractivity contribution in [2.24, 2.45) is 0 Å². The van der Waals surface area contributed by atoms with Crippen LogP contribution in [0.25, 0.3) is 22.0 Å². The number of pyridine rings is 1. The van der Waals surface area contributed by atoms with Gasteiger partial charge in [0.05, 0.1) is 12.1 Å². The van der Waals surface area contributed by atoms with Crippen LogP contribution in [0.5, 0.6) is 0 Å². The Hall–Kier alpha value is -3.51. The Labute approximate surface area is 149 Å². The minimum atomic E-state index is -0.295. The average Bonchev–Trinajstić information content (AvgIpc) is 3.04. The number of aliphatic hydroxyl groups excluding tert-OH is 1. The topological polar surface area (TPSA) is 94.0 Å². The van der Waals surface area contributed by atoms with Gasteiger partial charge in [-0.1, -0.05) is 24.3 Å². The minimum absolute atomic E-state index is 0.127. The molecule has 0 aliphatic rings. The molecule has 3 N–H and O–H groups in total. The van der Waals surface area contributed by atoms with E-state index in [1.807, 2.05) is 30.3 Å². The fourth-order valence-corrected chi connectivity index (χ4v) is 2.93. The van der Waals surface area contributed by atoms with E-state index in [0.717, 1.165) is 11.1 Å². The molecule has 2 aromatic carbocycles. The first-order chi connectivity index (χ1) is 12.7. The lowest BCUT2D eigenvalue weighted by Crippen LogP contribution is -2.14. The van der Waals surface area contributed by atoms with Gasteiger partial charge in [0.1, 0.15) is 0 Å². The number of fused-ring (bicyclic) bond motifs is 1. The fourth-order valence-electron chi connectivity index (χ4n) is 2.93. The van der Waals surface area contributed by atoms with Crippen molar-refractivity contribution in [1.82, 2.24) is 14.8 Å². The number of hydrogen-bond acceptors (Lipinski definition) is 5. The van der Waals surface area contributed by atoms with E-state index in [2.05, 4.69) is 10.1 Å². The van der Waals surface area contributed by atoms with Crippen molar-refractivity contribution in [2.75, 3.05) is 5.73 Å². The molecule has 0 saturated heterocycles. The predicted molar refractivity (Wildman–Crippen MR) is 99.5 cm³/mol. The molecule has 0 aliphatic heterocycles. The lowest BCUT2D eigenvalue weighted by molar-refractivity contribution is 0.0950. The number of aromatic nitrogens is 3. The van der Waals surface area contributed by atoms with Gasteiger partial charge < -0.3 is 10.8 Å². The third-order valence-electron chi connectivity index (χ3n) is 4.25. The van der Waals surface area contributed by atoms with E-state index >= 15 is 0 Å². The van der Waals surface area contributed by atoms with Gasteiger partial charge in [0.25, 0.3) is 5.91 Å². The van der Waals surface area contributed by atoms with Gasteiger partial charge in [-0.3, -0.25) is 9.78 Å². The molecular weight excluding hydrogens is 328 g/mol. The molecule has 4 aromatic rings. The van der Waals surface area contributed by atoms with Crippen LogP contribution in [0, 0.1) is 0 Å². The van der Waals surface area contributed by atoms with Crippen LogP contribution in [-0.2, 0) is 6.61 Å². The molecule has 0 spiro atoms. The van der Waals surface area contributed by atoms with Crippen molar-refractivity contribution in [3.05, 3.63) is 78.1 Å². The van der Waals surface area contributed by atoms with E-state index in [-0.39, 0.29) is 18.3 Å². The fraction of sp³-hybridized carbons (Fsp3) is 0.0500. The minimum Gasteiger partial charge on any atom is -0.392 e. The molecule has 0 saturated carbocycles. The summed E-state index contributed by atoms with van der Waals surface area (Å²) in [6.07, 6.45) is 3.49. The Kier molecular flexibility index (Phi) is 3.95. The maximum atomic E-state index is 12.8. The van der Waals surface area contributed by atoms with E-state index in [4.69, 9.17) is 5.73 Å². The van der Waals surface area contributed by atoms with Crippen molar-refractivity contribution in [3.8, 4) is 11.1 Å². The Bertz CT molecular complexity index is 1100. The number of nitrogens with two attached hydrogens (primary N) is 1. The molecule has 0 unspecified atom stereocenters. The lowest BCUT2D eigenvalue weighted by atomic mass is 10.1. The maximum Gasteiger partial charge on any atom is 0.278 e. The largest absolute Gasteiger partial charge is 0.392 e. The van der Waals surface area contributed by atoms with Gasteiger partial charge in [0.15, 0.2) is 5.82 Å². The normalized spacial score (nSPS) is 11.0. The highest BCUT2D eigenvalue weighted by atomic mass is 16.3. The van der Waals surface area contributed by atoms with Crippen molar-refractivity contribution in [2.45, 2.75) is 6.61 Å². The van der Waals surface area contributed by atoms with Gasteiger partial charge in [-0.15, -0.1) is 5.10 Å². The predicted octanol–water partition coefficient (Wildman–Crippen LogP) is 2.86. The summed E-state index contributed by atoms with van der Waals surface area (Å²) in [5, 5.41) is 14.2. The molecule has 128 valence electrons. The summed E-state index contributed by atoms with van der Waals surface area (Å²) < 4.78 is 1.30. The number of hydrogen-bond donors (Lipinski definition) is 2. The van der Waals surface area contributed by atoms with Crippen molar-refractivity contribution in [1.29, 1.82) is 0 Å². The number of aliphatic hydroxyl groups is 1. The zero-order chi connectivity index (χ0) is 18.1. The Morgan fingerprint density at radius 1 is 1.08 bits per heavy atom. The Morgan fingerprint density at radius 3 is 2.73 bits per heavy atom. The first-order valence-corrected chi connectivity index (χ1v) is 8.10. The highest BCUT2D eigenvalue weighted by molar-refractivity contribution is 6.04. The summed E-state index contributed by atoms with van der Waals surface area (Å²) in [7, 11) is 0. The van der Waals surface area contributed by atoms with Gasteiger partial charge >= 0.3 is 0 Å². The number of anilines is 1. The zero-order valence-electron chi connectivity index (χ0n) is 13.8. The lowest BCUT2D eigenvalue weighted by Gasteiger charge is -2.05. The van der Waals surface area contributed by atoms with Crippen molar-refractivity contribution in [3.63, 3.8) is 0 Å². The highest BCUT2D eigenvalue weighted by Gasteiger charge is 2.17. The Balaban J connectivity index is 1.80. The summed E-state index contributed by atoms with van der Waals surface area (Å²) in [6.45, 7) is -0.127. The smallest absolute Gasteiger partial charge is 0.278 e. The van der Waals surface area contributed by atoms with E-state index in [9.17, 15) is 9.90 Å². The molecule has 4 rings (SSSR count). The van der Waals surface area contributed by atoms with Gasteiger partial charge in [-0.05, 0) is 41.5 Å². The first kappa shape index (κ1) is 16.0. The number of benzene rings is 2. The van der Waals surface area contributed by atoms with E-state index in [1.54, 1.807) is 36.7 Å². The number of rotatable bonds is 3.